The zero-order chi connectivity index (χ0) is 19.4. The van der Waals surface area contributed by atoms with Gasteiger partial charge < -0.3 is 9.87 Å². The lowest BCUT2D eigenvalue weighted by molar-refractivity contribution is -0.116. The van der Waals surface area contributed by atoms with Gasteiger partial charge in [-0.15, -0.1) is 4.72 Å². The standard InChI is InChI=1S/C21H36N2O2S/c1-5-6-11-18-13-15-19(16-14-18)23-20(24)12-9-7-8-10-17-22-26(25)21(2,3)4/h13-16,22H,5-12,17H2,1-4H3,(H,23,24). The maximum Gasteiger partial charge on any atom is 0.224 e. The smallest absolute Gasteiger partial charge is 0.224 e. The average Bonchev–Trinajstić information content (AvgIpc) is 2.59. The van der Waals surface area contributed by atoms with Crippen LogP contribution >= 0.6 is 0 Å². The average molecular weight is 381 g/mol. The molecule has 1 amide bonds. The number of carbonyl (C=O) groups excluding carboxylic acids is 1. The van der Waals surface area contributed by atoms with E-state index in [1.807, 2.05) is 32.9 Å². The van der Waals surface area contributed by atoms with Crippen molar-refractivity contribution in [1.29, 1.82) is 0 Å². The molecule has 0 fully saturated rings. The predicted molar refractivity (Wildman–Crippen MR) is 113 cm³/mol. The maximum absolute atomic E-state index is 12.0. The summed E-state index contributed by atoms with van der Waals surface area (Å²) >= 11 is -0.993. The highest BCUT2D eigenvalue weighted by Gasteiger charge is 2.25. The van der Waals surface area contributed by atoms with Crippen LogP contribution in [0.4, 0.5) is 5.69 Å². The third-order valence-electron chi connectivity index (χ3n) is 4.18. The summed E-state index contributed by atoms with van der Waals surface area (Å²) in [4.78, 5) is 12.0. The quantitative estimate of drug-likeness (QED) is 0.397. The number of carbonyl (C=O) groups is 1. The van der Waals surface area contributed by atoms with Crippen LogP contribution in [0.1, 0.15) is 78.2 Å². The minimum atomic E-state index is -0.993. The van der Waals surface area contributed by atoms with E-state index in [2.05, 4.69) is 29.1 Å². The summed E-state index contributed by atoms with van der Waals surface area (Å²) in [7, 11) is 0. The van der Waals surface area contributed by atoms with E-state index in [4.69, 9.17) is 0 Å². The van der Waals surface area contributed by atoms with Gasteiger partial charge in [-0.25, -0.2) is 0 Å². The Balaban J connectivity index is 2.10. The Morgan fingerprint density at radius 1 is 1.04 bits per heavy atom. The van der Waals surface area contributed by atoms with Gasteiger partial charge in [-0.3, -0.25) is 4.79 Å². The second kappa shape index (κ2) is 12.4. The molecule has 0 aliphatic rings. The first-order chi connectivity index (χ1) is 12.3. The first-order valence-electron chi connectivity index (χ1n) is 9.87. The van der Waals surface area contributed by atoms with Crippen LogP contribution in [0, 0.1) is 0 Å². The molecule has 148 valence electrons. The molecule has 1 aromatic carbocycles. The number of hydrogen-bond donors (Lipinski definition) is 2. The molecule has 0 spiro atoms. The molecule has 0 saturated heterocycles. The lowest BCUT2D eigenvalue weighted by atomic mass is 10.1. The monoisotopic (exact) mass is 380 g/mol. The Morgan fingerprint density at radius 3 is 2.31 bits per heavy atom. The van der Waals surface area contributed by atoms with E-state index in [0.717, 1.165) is 44.3 Å². The molecule has 0 radical (unpaired) electrons. The number of benzene rings is 1. The molecule has 2 N–H and O–H groups in total. The fourth-order valence-corrected chi connectivity index (χ4v) is 3.27. The molecule has 1 atom stereocenters. The van der Waals surface area contributed by atoms with Crippen molar-refractivity contribution in [3.05, 3.63) is 29.8 Å². The summed E-state index contributed by atoms with van der Waals surface area (Å²) in [5, 5.41) is 2.97. The lowest BCUT2D eigenvalue weighted by Gasteiger charge is -2.23. The fourth-order valence-electron chi connectivity index (χ4n) is 2.50. The molecule has 1 rings (SSSR count). The van der Waals surface area contributed by atoms with Crippen molar-refractivity contribution >= 4 is 23.0 Å². The Morgan fingerprint density at radius 2 is 1.69 bits per heavy atom. The topological polar surface area (TPSA) is 64.2 Å². The van der Waals surface area contributed by atoms with Crippen LogP contribution in [0.2, 0.25) is 0 Å². The third-order valence-corrected chi connectivity index (χ3v) is 5.76. The van der Waals surface area contributed by atoms with Crippen LogP contribution in [0.25, 0.3) is 0 Å². The Labute approximate surface area is 162 Å². The number of unbranched alkanes of at least 4 members (excludes halogenated alkanes) is 4. The molecule has 26 heavy (non-hydrogen) atoms. The van der Waals surface area contributed by atoms with E-state index in [0.29, 0.717) is 6.42 Å². The molecule has 0 bridgehead atoms. The molecule has 0 aromatic heterocycles. The summed E-state index contributed by atoms with van der Waals surface area (Å²) in [6.45, 7) is 8.85. The maximum atomic E-state index is 12.0. The first-order valence-corrected chi connectivity index (χ1v) is 11.0. The van der Waals surface area contributed by atoms with Crippen molar-refractivity contribution in [3.63, 3.8) is 0 Å². The van der Waals surface area contributed by atoms with Crippen molar-refractivity contribution in [1.82, 2.24) is 4.72 Å². The van der Waals surface area contributed by atoms with Crippen molar-refractivity contribution in [2.75, 3.05) is 11.9 Å². The molecular formula is C21H36N2O2S. The molecule has 0 aliphatic carbocycles. The predicted octanol–water partition coefficient (Wildman–Crippen LogP) is 4.97. The van der Waals surface area contributed by atoms with Gasteiger partial charge >= 0.3 is 0 Å². The minimum absolute atomic E-state index is 0.0817. The van der Waals surface area contributed by atoms with Gasteiger partial charge in [-0.05, 0) is 64.2 Å². The van der Waals surface area contributed by atoms with E-state index in [1.54, 1.807) is 0 Å². The summed E-state index contributed by atoms with van der Waals surface area (Å²) < 4.78 is 14.7. The molecule has 0 saturated carbocycles. The van der Waals surface area contributed by atoms with Gasteiger partial charge in [0.1, 0.15) is 4.75 Å². The zero-order valence-corrected chi connectivity index (χ0v) is 17.7. The Bertz CT molecular complexity index is 512. The summed E-state index contributed by atoms with van der Waals surface area (Å²) in [6.07, 6.45) is 8.00. The normalized spacial score (nSPS) is 12.8. The van der Waals surface area contributed by atoms with E-state index >= 15 is 0 Å². The van der Waals surface area contributed by atoms with E-state index in [-0.39, 0.29) is 10.7 Å². The van der Waals surface area contributed by atoms with Gasteiger partial charge in [0.15, 0.2) is 0 Å². The van der Waals surface area contributed by atoms with E-state index < -0.39 is 11.4 Å². The van der Waals surface area contributed by atoms with Crippen molar-refractivity contribution in [2.24, 2.45) is 0 Å². The number of amides is 1. The first kappa shape index (κ1) is 23.0. The number of rotatable bonds is 12. The Kier molecular flexibility index (Phi) is 10.9. The molecule has 0 aliphatic heterocycles. The van der Waals surface area contributed by atoms with Gasteiger partial charge in [-0.1, -0.05) is 38.3 Å². The number of anilines is 1. The van der Waals surface area contributed by atoms with Gasteiger partial charge in [0.05, 0.1) is 0 Å². The van der Waals surface area contributed by atoms with Crippen LogP contribution in [0.5, 0.6) is 0 Å². The van der Waals surface area contributed by atoms with Gasteiger partial charge in [0.25, 0.3) is 0 Å². The zero-order valence-electron chi connectivity index (χ0n) is 16.9. The van der Waals surface area contributed by atoms with Crippen LogP contribution in [-0.4, -0.2) is 21.8 Å². The van der Waals surface area contributed by atoms with Crippen molar-refractivity contribution in [2.45, 2.75) is 83.8 Å². The highest BCUT2D eigenvalue weighted by atomic mass is 32.2. The number of hydrogen-bond acceptors (Lipinski definition) is 3. The van der Waals surface area contributed by atoms with Gasteiger partial charge in [0, 0.05) is 30.0 Å². The highest BCUT2D eigenvalue weighted by molar-refractivity contribution is 7.90. The van der Waals surface area contributed by atoms with Crippen LogP contribution in [0.3, 0.4) is 0 Å². The van der Waals surface area contributed by atoms with E-state index in [1.165, 1.54) is 18.4 Å². The van der Waals surface area contributed by atoms with E-state index in [9.17, 15) is 9.35 Å². The number of nitrogens with one attached hydrogen (secondary N) is 2. The molecule has 0 heterocycles. The fraction of sp³-hybridized carbons (Fsp3) is 0.667. The Hall–Kier alpha value is -1.04. The van der Waals surface area contributed by atoms with Crippen LogP contribution < -0.4 is 10.0 Å². The highest BCUT2D eigenvalue weighted by Crippen LogP contribution is 2.14. The van der Waals surface area contributed by atoms with Crippen LogP contribution in [0.15, 0.2) is 24.3 Å². The van der Waals surface area contributed by atoms with Crippen LogP contribution in [-0.2, 0) is 22.6 Å². The second-order valence-corrected chi connectivity index (χ2v) is 9.84. The summed E-state index contributed by atoms with van der Waals surface area (Å²) in [5.74, 6) is 0.0817. The largest absolute Gasteiger partial charge is 0.598 e. The van der Waals surface area contributed by atoms with Crippen molar-refractivity contribution < 1.29 is 9.35 Å². The van der Waals surface area contributed by atoms with Crippen molar-refractivity contribution in [3.8, 4) is 0 Å². The molecule has 5 heteroatoms. The van der Waals surface area contributed by atoms with Gasteiger partial charge in [-0.2, -0.15) is 0 Å². The molecule has 1 aromatic rings. The minimum Gasteiger partial charge on any atom is -0.598 e. The molecule has 1 unspecified atom stereocenters. The SMILES string of the molecule is CCCCc1ccc(NC(=O)CCCCCCN[S+]([O-])C(C)(C)C)cc1. The number of aryl methyl sites for hydroxylation is 1. The summed E-state index contributed by atoms with van der Waals surface area (Å²) in [6, 6.07) is 8.17. The van der Waals surface area contributed by atoms with Gasteiger partial charge in [0.2, 0.25) is 5.91 Å². The third kappa shape index (κ3) is 10.2. The molecular weight excluding hydrogens is 344 g/mol. The lowest BCUT2D eigenvalue weighted by Crippen LogP contribution is -2.39. The summed E-state index contributed by atoms with van der Waals surface area (Å²) in [5.41, 5.74) is 2.20. The molecule has 4 nitrogen and oxygen atoms in total. The second-order valence-electron chi connectivity index (χ2n) is 7.79.